The Kier molecular flexibility index (Phi) is 6.60. The highest BCUT2D eigenvalue weighted by Gasteiger charge is 2.19. The first-order chi connectivity index (χ1) is 12.8. The lowest BCUT2D eigenvalue weighted by Gasteiger charge is -2.34. The monoisotopic (exact) mass is 428 g/mol. The van der Waals surface area contributed by atoms with Gasteiger partial charge >= 0.3 is 0 Å². The Bertz CT molecular complexity index is 900. The van der Waals surface area contributed by atoms with E-state index in [0.717, 1.165) is 37.6 Å². The number of sulfonamides is 1. The number of anilines is 1. The molecule has 146 valence electrons. The predicted molar refractivity (Wildman–Crippen MR) is 110 cm³/mol. The number of hydrogen-bond donors (Lipinski definition) is 1. The molecule has 0 aliphatic carbocycles. The van der Waals surface area contributed by atoms with Crippen LogP contribution >= 0.6 is 23.2 Å². The molecule has 1 aromatic carbocycles. The average molecular weight is 429 g/mol. The summed E-state index contributed by atoms with van der Waals surface area (Å²) >= 11 is 11.9. The van der Waals surface area contributed by atoms with Crippen molar-refractivity contribution in [3.05, 3.63) is 57.7 Å². The molecule has 0 unspecified atom stereocenters. The lowest BCUT2D eigenvalue weighted by atomic mass is 10.2. The fraction of sp³-hybridized carbons (Fsp3) is 0.389. The first-order valence-electron chi connectivity index (χ1n) is 8.63. The van der Waals surface area contributed by atoms with Gasteiger partial charge in [-0.25, -0.2) is 18.1 Å². The van der Waals surface area contributed by atoms with E-state index in [1.807, 2.05) is 12.1 Å². The van der Waals surface area contributed by atoms with E-state index >= 15 is 0 Å². The van der Waals surface area contributed by atoms with E-state index in [4.69, 9.17) is 23.2 Å². The average Bonchev–Trinajstić information content (AvgIpc) is 2.64. The van der Waals surface area contributed by atoms with E-state index < -0.39 is 10.0 Å². The van der Waals surface area contributed by atoms with Crippen LogP contribution in [0.1, 0.15) is 11.1 Å². The zero-order chi connectivity index (χ0) is 19.4. The maximum Gasteiger partial charge on any atom is 0.216 e. The van der Waals surface area contributed by atoms with Crippen LogP contribution in [0.25, 0.3) is 0 Å². The minimum Gasteiger partial charge on any atom is -0.354 e. The van der Waals surface area contributed by atoms with E-state index in [2.05, 4.69) is 26.6 Å². The van der Waals surface area contributed by atoms with Gasteiger partial charge in [-0.15, -0.1) is 0 Å². The van der Waals surface area contributed by atoms with E-state index in [0.29, 0.717) is 15.6 Å². The molecular weight excluding hydrogens is 407 g/mol. The van der Waals surface area contributed by atoms with Crippen molar-refractivity contribution >= 4 is 39.0 Å². The number of hydrogen-bond acceptors (Lipinski definition) is 5. The number of pyridine rings is 1. The quantitative estimate of drug-likeness (QED) is 0.765. The molecule has 0 amide bonds. The van der Waals surface area contributed by atoms with Crippen LogP contribution in [0, 0.1) is 0 Å². The van der Waals surface area contributed by atoms with Gasteiger partial charge in [0.25, 0.3) is 0 Å². The van der Waals surface area contributed by atoms with Crippen molar-refractivity contribution in [2.75, 3.05) is 38.1 Å². The molecule has 1 aliphatic rings. The summed E-state index contributed by atoms with van der Waals surface area (Å²) in [6.45, 7) is 3.85. The Morgan fingerprint density at radius 3 is 2.56 bits per heavy atom. The summed E-state index contributed by atoms with van der Waals surface area (Å²) in [7, 11) is -1.43. The van der Waals surface area contributed by atoms with Gasteiger partial charge in [0, 0.05) is 44.5 Å². The van der Waals surface area contributed by atoms with E-state index in [1.54, 1.807) is 24.4 Å². The predicted octanol–water partition coefficient (Wildman–Crippen LogP) is 2.76. The van der Waals surface area contributed by atoms with Crippen LogP contribution in [0.15, 0.2) is 36.5 Å². The zero-order valence-electron chi connectivity index (χ0n) is 15.0. The van der Waals surface area contributed by atoms with Crippen molar-refractivity contribution in [2.45, 2.75) is 12.3 Å². The van der Waals surface area contributed by atoms with Gasteiger partial charge in [-0.1, -0.05) is 35.3 Å². The van der Waals surface area contributed by atoms with E-state index in [9.17, 15) is 8.42 Å². The molecule has 1 N–H and O–H groups in total. The lowest BCUT2D eigenvalue weighted by Crippen LogP contribution is -2.45. The normalized spacial score (nSPS) is 15.9. The van der Waals surface area contributed by atoms with Crippen molar-refractivity contribution in [2.24, 2.45) is 0 Å². The molecule has 0 radical (unpaired) electrons. The highest BCUT2D eigenvalue weighted by Crippen LogP contribution is 2.24. The smallest absolute Gasteiger partial charge is 0.216 e. The van der Waals surface area contributed by atoms with Crippen molar-refractivity contribution in [1.29, 1.82) is 0 Å². The van der Waals surface area contributed by atoms with Crippen LogP contribution in [0.2, 0.25) is 10.0 Å². The van der Waals surface area contributed by atoms with Gasteiger partial charge in [0.05, 0.1) is 15.8 Å². The summed E-state index contributed by atoms with van der Waals surface area (Å²) in [5, 5.41) is 0.743. The van der Waals surface area contributed by atoms with Crippen molar-refractivity contribution in [3.63, 3.8) is 0 Å². The van der Waals surface area contributed by atoms with Crippen LogP contribution < -0.4 is 9.62 Å². The summed E-state index contributed by atoms with van der Waals surface area (Å²) in [5.74, 6) is 0.677. The third-order valence-electron chi connectivity index (χ3n) is 4.49. The molecule has 1 aliphatic heterocycles. The topological polar surface area (TPSA) is 65.5 Å². The zero-order valence-corrected chi connectivity index (χ0v) is 17.4. The minimum absolute atomic E-state index is 0.159. The number of likely N-dealkylation sites (N-methyl/N-ethyl adjacent to an activating group) is 1. The van der Waals surface area contributed by atoms with Gasteiger partial charge in [-0.05, 0) is 30.8 Å². The molecule has 0 bridgehead atoms. The van der Waals surface area contributed by atoms with Crippen molar-refractivity contribution < 1.29 is 8.42 Å². The highest BCUT2D eigenvalue weighted by molar-refractivity contribution is 7.88. The minimum atomic E-state index is -3.52. The second kappa shape index (κ2) is 8.75. The third kappa shape index (κ3) is 5.56. The SMILES string of the molecule is CN1CCN(c2ncccc2CNS(=O)(=O)Cc2ccc(Cl)c(Cl)c2)CC1. The Hall–Kier alpha value is -1.38. The first-order valence-corrected chi connectivity index (χ1v) is 11.0. The molecule has 0 saturated carbocycles. The number of nitrogens with zero attached hydrogens (tertiary/aromatic N) is 3. The van der Waals surface area contributed by atoms with Crippen LogP contribution in [0.5, 0.6) is 0 Å². The number of benzene rings is 1. The number of nitrogens with one attached hydrogen (secondary N) is 1. The molecular formula is C18H22Cl2N4O2S. The summed E-state index contributed by atoms with van der Waals surface area (Å²) in [6.07, 6.45) is 1.74. The third-order valence-corrected chi connectivity index (χ3v) is 6.53. The van der Waals surface area contributed by atoms with Gasteiger partial charge in [0.2, 0.25) is 10.0 Å². The van der Waals surface area contributed by atoms with Crippen LogP contribution in [0.4, 0.5) is 5.82 Å². The van der Waals surface area contributed by atoms with E-state index in [1.165, 1.54) is 0 Å². The molecule has 0 spiro atoms. The van der Waals surface area contributed by atoms with Crippen molar-refractivity contribution in [1.82, 2.24) is 14.6 Å². The van der Waals surface area contributed by atoms with Gasteiger partial charge < -0.3 is 9.80 Å². The van der Waals surface area contributed by atoms with E-state index in [-0.39, 0.29) is 12.3 Å². The number of halogens is 2. The Morgan fingerprint density at radius 2 is 1.85 bits per heavy atom. The van der Waals surface area contributed by atoms with Gasteiger partial charge in [-0.2, -0.15) is 0 Å². The van der Waals surface area contributed by atoms with Gasteiger partial charge in [0.1, 0.15) is 5.82 Å². The second-order valence-corrected chi connectivity index (χ2v) is 9.23. The summed E-state index contributed by atoms with van der Waals surface area (Å²) in [6, 6.07) is 8.56. The molecule has 2 heterocycles. The van der Waals surface area contributed by atoms with Gasteiger partial charge in [0.15, 0.2) is 0 Å². The molecule has 3 rings (SSSR count). The molecule has 27 heavy (non-hydrogen) atoms. The van der Waals surface area contributed by atoms with Crippen LogP contribution in [0.3, 0.4) is 0 Å². The fourth-order valence-electron chi connectivity index (χ4n) is 2.96. The Morgan fingerprint density at radius 1 is 1.11 bits per heavy atom. The fourth-order valence-corrected chi connectivity index (χ4v) is 4.38. The number of rotatable bonds is 6. The summed E-state index contributed by atoms with van der Waals surface area (Å²) in [5.41, 5.74) is 1.45. The highest BCUT2D eigenvalue weighted by atomic mass is 35.5. The second-order valence-electron chi connectivity index (χ2n) is 6.61. The molecule has 9 heteroatoms. The maximum absolute atomic E-state index is 12.5. The maximum atomic E-state index is 12.5. The summed E-state index contributed by atoms with van der Waals surface area (Å²) < 4.78 is 27.6. The molecule has 6 nitrogen and oxygen atoms in total. The molecule has 1 aromatic heterocycles. The number of aromatic nitrogens is 1. The van der Waals surface area contributed by atoms with Crippen LogP contribution in [-0.2, 0) is 22.3 Å². The Labute approximate surface area is 170 Å². The largest absolute Gasteiger partial charge is 0.354 e. The van der Waals surface area contributed by atoms with Crippen LogP contribution in [-0.4, -0.2) is 51.5 Å². The van der Waals surface area contributed by atoms with Gasteiger partial charge in [-0.3, -0.25) is 0 Å². The summed E-state index contributed by atoms with van der Waals surface area (Å²) in [4.78, 5) is 8.93. The molecule has 2 aromatic rings. The molecule has 0 atom stereocenters. The first kappa shape index (κ1) is 20.4. The van der Waals surface area contributed by atoms with Crippen molar-refractivity contribution in [3.8, 4) is 0 Å². The lowest BCUT2D eigenvalue weighted by molar-refractivity contribution is 0.312. The standard InChI is InChI=1S/C18H22Cl2N4O2S/c1-23-7-9-24(10-8-23)18-15(3-2-6-21-18)12-22-27(25,26)13-14-4-5-16(19)17(20)11-14/h2-6,11,22H,7-10,12-13H2,1H3. The Balaban J connectivity index is 1.68. The molecule has 1 fully saturated rings. The molecule has 1 saturated heterocycles. The number of piperazine rings is 1.